The molecule has 0 N–H and O–H groups in total. The first-order valence-corrected chi connectivity index (χ1v) is 9.35. The summed E-state index contributed by atoms with van der Waals surface area (Å²) in [6.45, 7) is 2.53. The minimum absolute atomic E-state index is 0.389. The summed E-state index contributed by atoms with van der Waals surface area (Å²) < 4.78 is 39.1. The van der Waals surface area contributed by atoms with Crippen molar-refractivity contribution in [3.8, 4) is 0 Å². The minimum atomic E-state index is -4.27. The molecule has 0 unspecified atom stereocenters. The molecule has 2 nitrogen and oxygen atoms in total. The topological polar surface area (TPSA) is 16.1 Å². The second-order valence-corrected chi connectivity index (χ2v) is 7.55. The van der Waals surface area contributed by atoms with Crippen LogP contribution >= 0.6 is 11.8 Å². The van der Waals surface area contributed by atoms with Gasteiger partial charge in [0, 0.05) is 18.0 Å². The number of hydrogen-bond acceptors (Lipinski definition) is 3. The molecular formula is C19H21F3N2S. The van der Waals surface area contributed by atoms with Crippen LogP contribution in [0.25, 0.3) is 0 Å². The Bertz CT molecular complexity index is 668. The zero-order valence-electron chi connectivity index (χ0n) is 13.9. The van der Waals surface area contributed by atoms with Crippen LogP contribution in [0.15, 0.2) is 53.7 Å². The molecular weight excluding hydrogens is 345 g/mol. The average Bonchev–Trinajstić information content (AvgIpc) is 2.61. The van der Waals surface area contributed by atoms with Gasteiger partial charge in [0.25, 0.3) is 0 Å². The maximum absolute atomic E-state index is 13.0. The molecule has 1 fully saturated rings. The smallest absolute Gasteiger partial charge is 0.303 e. The van der Waals surface area contributed by atoms with Gasteiger partial charge < -0.3 is 4.90 Å². The van der Waals surface area contributed by atoms with E-state index in [1.165, 1.54) is 12.1 Å². The molecule has 0 spiro atoms. The zero-order chi connectivity index (χ0) is 17.7. The lowest BCUT2D eigenvalue weighted by Gasteiger charge is -2.31. The van der Waals surface area contributed by atoms with E-state index in [4.69, 9.17) is 0 Å². The normalized spacial score (nSPS) is 16.9. The fraction of sp³-hybridized carbons (Fsp3) is 0.421. The number of rotatable bonds is 5. The minimum Gasteiger partial charge on any atom is -0.303 e. The number of piperidine rings is 1. The van der Waals surface area contributed by atoms with Crippen molar-refractivity contribution in [1.82, 2.24) is 9.88 Å². The van der Waals surface area contributed by atoms with E-state index in [0.29, 0.717) is 23.8 Å². The van der Waals surface area contributed by atoms with Crippen LogP contribution in [0.4, 0.5) is 13.2 Å². The van der Waals surface area contributed by atoms with Crippen LogP contribution < -0.4 is 0 Å². The molecule has 1 saturated heterocycles. The third-order valence-corrected chi connectivity index (χ3v) is 5.77. The van der Waals surface area contributed by atoms with Gasteiger partial charge in [-0.15, -0.1) is 11.8 Å². The predicted octanol–water partition coefficient (Wildman–Crippen LogP) is 4.90. The molecule has 0 saturated carbocycles. The second kappa shape index (κ2) is 8.23. The maximum atomic E-state index is 13.0. The van der Waals surface area contributed by atoms with Crippen LogP contribution in [-0.4, -0.2) is 34.8 Å². The fourth-order valence-corrected chi connectivity index (χ4v) is 4.20. The Morgan fingerprint density at radius 2 is 1.76 bits per heavy atom. The number of hydrogen-bond donors (Lipinski definition) is 0. The molecule has 0 radical (unpaired) electrons. The number of likely N-dealkylation sites (tertiary alicyclic amines) is 1. The summed E-state index contributed by atoms with van der Waals surface area (Å²) in [4.78, 5) is 6.61. The number of benzene rings is 1. The Morgan fingerprint density at radius 3 is 2.44 bits per heavy atom. The summed E-state index contributed by atoms with van der Waals surface area (Å²) >= 11 is 1.80. The quantitative estimate of drug-likeness (QED) is 0.749. The van der Waals surface area contributed by atoms with Crippen molar-refractivity contribution in [2.45, 2.75) is 35.7 Å². The van der Waals surface area contributed by atoms with Gasteiger partial charge in [-0.25, -0.2) is 4.98 Å². The lowest BCUT2D eigenvalue weighted by Crippen LogP contribution is -2.36. The van der Waals surface area contributed by atoms with Crippen molar-refractivity contribution >= 4 is 11.8 Å². The van der Waals surface area contributed by atoms with Gasteiger partial charge in [-0.1, -0.05) is 24.3 Å². The van der Waals surface area contributed by atoms with Crippen LogP contribution in [0, 0.1) is 0 Å². The Kier molecular flexibility index (Phi) is 6.02. The van der Waals surface area contributed by atoms with Crippen molar-refractivity contribution in [2.24, 2.45) is 0 Å². The lowest BCUT2D eigenvalue weighted by molar-refractivity contribution is -0.138. The molecule has 0 aliphatic carbocycles. The Balaban J connectivity index is 1.49. The molecule has 1 aromatic carbocycles. The summed E-state index contributed by atoms with van der Waals surface area (Å²) in [7, 11) is 0. The van der Waals surface area contributed by atoms with Crippen LogP contribution in [0.2, 0.25) is 0 Å². The fourth-order valence-electron chi connectivity index (χ4n) is 3.13. The van der Waals surface area contributed by atoms with Crippen molar-refractivity contribution in [2.75, 3.05) is 19.6 Å². The molecule has 1 aliphatic rings. The van der Waals surface area contributed by atoms with Gasteiger partial charge in [-0.2, -0.15) is 13.2 Å². The van der Waals surface area contributed by atoms with Gasteiger partial charge >= 0.3 is 6.18 Å². The summed E-state index contributed by atoms with van der Waals surface area (Å²) in [6.07, 6.45) is 0.0521. The number of aromatic nitrogens is 1. The number of thioether (sulfide) groups is 1. The number of halogens is 3. The van der Waals surface area contributed by atoms with Gasteiger partial charge in [0.05, 0.1) is 10.6 Å². The Labute approximate surface area is 150 Å². The predicted molar refractivity (Wildman–Crippen MR) is 94.7 cm³/mol. The van der Waals surface area contributed by atoms with E-state index in [9.17, 15) is 13.2 Å². The van der Waals surface area contributed by atoms with E-state index in [1.807, 2.05) is 18.2 Å². The van der Waals surface area contributed by atoms with Gasteiger partial charge in [0.1, 0.15) is 0 Å². The average molecular weight is 366 g/mol. The van der Waals surface area contributed by atoms with Gasteiger partial charge in [-0.05, 0) is 56.1 Å². The van der Waals surface area contributed by atoms with Gasteiger partial charge in [0.15, 0.2) is 0 Å². The molecule has 1 aliphatic heterocycles. The summed E-state index contributed by atoms with van der Waals surface area (Å²) in [5, 5.41) is 1.58. The number of pyridine rings is 1. The zero-order valence-corrected chi connectivity index (χ0v) is 14.7. The third-order valence-electron chi connectivity index (χ3n) is 4.48. The van der Waals surface area contributed by atoms with E-state index >= 15 is 0 Å². The monoisotopic (exact) mass is 366 g/mol. The lowest BCUT2D eigenvalue weighted by atomic mass is 10.0. The van der Waals surface area contributed by atoms with E-state index in [2.05, 4.69) is 9.88 Å². The molecule has 2 heterocycles. The molecule has 3 rings (SSSR count). The third kappa shape index (κ3) is 5.22. The molecule has 1 aromatic heterocycles. The maximum Gasteiger partial charge on any atom is 0.416 e. The highest BCUT2D eigenvalue weighted by molar-refractivity contribution is 7.99. The van der Waals surface area contributed by atoms with Crippen molar-refractivity contribution in [3.63, 3.8) is 0 Å². The Morgan fingerprint density at radius 1 is 1.04 bits per heavy atom. The first kappa shape index (κ1) is 18.3. The SMILES string of the molecule is FC(F)(F)c1ccccc1CCN1CCC(Sc2ccccn2)CC1. The standard InChI is InChI=1S/C19H21F3N2S/c20-19(21,22)17-6-2-1-5-15(17)8-12-24-13-9-16(10-14-24)25-18-7-3-4-11-23-18/h1-7,11,16H,8-10,12-14H2. The summed E-state index contributed by atoms with van der Waals surface area (Å²) in [6, 6.07) is 11.8. The van der Waals surface area contributed by atoms with Crippen LogP contribution in [0.5, 0.6) is 0 Å². The van der Waals surface area contributed by atoms with Crippen LogP contribution in [-0.2, 0) is 12.6 Å². The highest BCUT2D eigenvalue weighted by Crippen LogP contribution is 2.32. The van der Waals surface area contributed by atoms with E-state index in [0.717, 1.165) is 31.0 Å². The second-order valence-electron chi connectivity index (χ2n) is 6.23. The van der Waals surface area contributed by atoms with E-state index in [-0.39, 0.29) is 0 Å². The highest BCUT2D eigenvalue weighted by Gasteiger charge is 2.32. The molecule has 134 valence electrons. The van der Waals surface area contributed by atoms with Crippen molar-refractivity contribution in [3.05, 3.63) is 59.8 Å². The largest absolute Gasteiger partial charge is 0.416 e. The summed E-state index contributed by atoms with van der Waals surface area (Å²) in [5.74, 6) is 0. The van der Waals surface area contributed by atoms with Crippen LogP contribution in [0.3, 0.4) is 0 Å². The first-order chi connectivity index (χ1) is 12.0. The molecule has 0 bridgehead atoms. The highest BCUT2D eigenvalue weighted by atomic mass is 32.2. The van der Waals surface area contributed by atoms with Crippen molar-refractivity contribution in [1.29, 1.82) is 0 Å². The van der Waals surface area contributed by atoms with E-state index < -0.39 is 11.7 Å². The van der Waals surface area contributed by atoms with Gasteiger partial charge in [0.2, 0.25) is 0 Å². The first-order valence-electron chi connectivity index (χ1n) is 8.47. The molecule has 25 heavy (non-hydrogen) atoms. The van der Waals surface area contributed by atoms with Crippen molar-refractivity contribution < 1.29 is 13.2 Å². The Hall–Kier alpha value is -1.53. The van der Waals surface area contributed by atoms with Gasteiger partial charge in [-0.3, -0.25) is 0 Å². The van der Waals surface area contributed by atoms with Crippen LogP contribution in [0.1, 0.15) is 24.0 Å². The molecule has 6 heteroatoms. The van der Waals surface area contributed by atoms with E-state index in [1.54, 1.807) is 30.1 Å². The molecule has 0 amide bonds. The summed E-state index contributed by atoms with van der Waals surface area (Å²) in [5.41, 5.74) is -0.115. The molecule has 0 atom stereocenters. The number of nitrogens with zero attached hydrogens (tertiary/aromatic N) is 2. The number of alkyl halides is 3. The molecule has 2 aromatic rings.